The van der Waals surface area contributed by atoms with Crippen LogP contribution in [0.1, 0.15) is 11.3 Å². The molecule has 2 heterocycles. The van der Waals surface area contributed by atoms with Gasteiger partial charge in [-0.05, 0) is 35.9 Å². The van der Waals surface area contributed by atoms with E-state index in [2.05, 4.69) is 0 Å². The molecule has 1 aliphatic rings. The van der Waals surface area contributed by atoms with Gasteiger partial charge in [-0.3, -0.25) is 4.79 Å². The summed E-state index contributed by atoms with van der Waals surface area (Å²) in [6, 6.07) is 10.1. The minimum atomic E-state index is -3.51. The number of likely N-dealkylation sites (N-methyl/N-ethyl adjacent to an activating group) is 1. The van der Waals surface area contributed by atoms with Crippen LogP contribution >= 0.6 is 0 Å². The molecule has 1 aromatic heterocycles. The molecule has 1 saturated heterocycles. The highest BCUT2D eigenvalue weighted by Gasteiger charge is 2.25. The molecular formula is C19H22N2O5S. The minimum absolute atomic E-state index is 0.170. The Balaban J connectivity index is 1.63. The highest BCUT2D eigenvalue weighted by molar-refractivity contribution is 7.89. The van der Waals surface area contributed by atoms with E-state index < -0.39 is 10.0 Å². The Morgan fingerprint density at radius 3 is 2.52 bits per heavy atom. The van der Waals surface area contributed by atoms with Crippen molar-refractivity contribution in [2.24, 2.45) is 0 Å². The smallest absolute Gasteiger partial charge is 0.246 e. The summed E-state index contributed by atoms with van der Waals surface area (Å²) in [7, 11) is -1.82. The van der Waals surface area contributed by atoms with Crippen LogP contribution in [0.25, 0.3) is 6.08 Å². The molecule has 144 valence electrons. The highest BCUT2D eigenvalue weighted by Crippen LogP contribution is 2.18. The van der Waals surface area contributed by atoms with Gasteiger partial charge in [-0.15, -0.1) is 0 Å². The van der Waals surface area contributed by atoms with Gasteiger partial charge in [-0.1, -0.05) is 12.1 Å². The van der Waals surface area contributed by atoms with Crippen molar-refractivity contribution in [1.29, 1.82) is 0 Å². The summed E-state index contributed by atoms with van der Waals surface area (Å²) in [5.74, 6) is 0.535. The molecule has 2 aromatic rings. The van der Waals surface area contributed by atoms with Gasteiger partial charge in [0.05, 0.1) is 30.9 Å². The Hall–Kier alpha value is -2.42. The first-order valence-corrected chi connectivity index (χ1v) is 10.0. The summed E-state index contributed by atoms with van der Waals surface area (Å²) in [4.78, 5) is 13.9. The zero-order valence-corrected chi connectivity index (χ0v) is 15.9. The van der Waals surface area contributed by atoms with Crippen molar-refractivity contribution < 1.29 is 22.4 Å². The van der Waals surface area contributed by atoms with Crippen LogP contribution in [-0.4, -0.2) is 56.9 Å². The fourth-order valence-electron chi connectivity index (χ4n) is 2.70. The van der Waals surface area contributed by atoms with Crippen molar-refractivity contribution in [3.8, 4) is 0 Å². The van der Waals surface area contributed by atoms with Crippen molar-refractivity contribution in [3.05, 3.63) is 60.1 Å². The fraction of sp³-hybridized carbons (Fsp3) is 0.316. The quantitative estimate of drug-likeness (QED) is 0.705. The van der Waals surface area contributed by atoms with Crippen LogP contribution in [0.4, 0.5) is 0 Å². The molecule has 0 bridgehead atoms. The zero-order valence-electron chi connectivity index (χ0n) is 15.1. The van der Waals surface area contributed by atoms with Gasteiger partial charge in [0.25, 0.3) is 0 Å². The molecule has 0 spiro atoms. The van der Waals surface area contributed by atoms with Crippen LogP contribution in [0.15, 0.2) is 58.1 Å². The fourth-order valence-corrected chi connectivity index (χ4v) is 4.10. The van der Waals surface area contributed by atoms with Gasteiger partial charge >= 0.3 is 0 Å². The van der Waals surface area contributed by atoms with Gasteiger partial charge in [-0.25, -0.2) is 8.42 Å². The molecule has 0 N–H and O–H groups in total. The van der Waals surface area contributed by atoms with E-state index in [1.807, 2.05) is 0 Å². The Morgan fingerprint density at radius 1 is 1.19 bits per heavy atom. The second kappa shape index (κ2) is 8.51. The number of rotatable bonds is 6. The molecule has 0 atom stereocenters. The van der Waals surface area contributed by atoms with E-state index in [0.717, 1.165) is 5.56 Å². The molecule has 27 heavy (non-hydrogen) atoms. The van der Waals surface area contributed by atoms with Crippen molar-refractivity contribution in [3.63, 3.8) is 0 Å². The molecule has 1 aliphatic heterocycles. The largest absolute Gasteiger partial charge is 0.467 e. The maximum absolute atomic E-state index is 12.6. The molecule has 3 rings (SSSR count). The first-order chi connectivity index (χ1) is 13.0. The second-order valence-corrected chi connectivity index (χ2v) is 8.13. The average molecular weight is 390 g/mol. The average Bonchev–Trinajstić information content (AvgIpc) is 3.20. The number of hydrogen-bond acceptors (Lipinski definition) is 5. The molecule has 8 heteroatoms. The van der Waals surface area contributed by atoms with E-state index in [0.29, 0.717) is 38.6 Å². The number of furan rings is 1. The van der Waals surface area contributed by atoms with Crippen LogP contribution in [0, 0.1) is 0 Å². The highest BCUT2D eigenvalue weighted by atomic mass is 32.2. The SMILES string of the molecule is CN(Cc1ccco1)C(=O)/C=C/c1ccc(S(=O)(=O)N2CCOCC2)cc1. The third kappa shape index (κ3) is 4.85. The summed E-state index contributed by atoms with van der Waals surface area (Å²) in [6.07, 6.45) is 4.68. The number of nitrogens with zero attached hydrogens (tertiary/aromatic N) is 2. The Labute approximate surface area is 158 Å². The van der Waals surface area contributed by atoms with E-state index in [-0.39, 0.29) is 10.8 Å². The predicted octanol–water partition coefficient (Wildman–Crippen LogP) is 1.97. The lowest BCUT2D eigenvalue weighted by Gasteiger charge is -2.26. The lowest BCUT2D eigenvalue weighted by Crippen LogP contribution is -2.40. The molecule has 0 saturated carbocycles. The first-order valence-electron chi connectivity index (χ1n) is 8.60. The van der Waals surface area contributed by atoms with E-state index in [1.165, 1.54) is 15.3 Å². The summed E-state index contributed by atoms with van der Waals surface area (Å²) >= 11 is 0. The lowest BCUT2D eigenvalue weighted by molar-refractivity contribution is -0.125. The number of hydrogen-bond donors (Lipinski definition) is 0. The van der Waals surface area contributed by atoms with Crippen LogP contribution < -0.4 is 0 Å². The Bertz CT molecular complexity index is 883. The number of sulfonamides is 1. The van der Waals surface area contributed by atoms with E-state index >= 15 is 0 Å². The third-order valence-electron chi connectivity index (χ3n) is 4.26. The molecular weight excluding hydrogens is 368 g/mol. The van der Waals surface area contributed by atoms with Crippen molar-refractivity contribution in [1.82, 2.24) is 9.21 Å². The van der Waals surface area contributed by atoms with E-state index in [4.69, 9.17) is 9.15 Å². The molecule has 0 radical (unpaired) electrons. The summed E-state index contributed by atoms with van der Waals surface area (Å²) in [6.45, 7) is 1.93. The number of benzene rings is 1. The Kier molecular flexibility index (Phi) is 6.10. The van der Waals surface area contributed by atoms with E-state index in [1.54, 1.807) is 55.8 Å². The maximum Gasteiger partial charge on any atom is 0.246 e. The number of carbonyl (C=O) groups is 1. The molecule has 0 unspecified atom stereocenters. The van der Waals surface area contributed by atoms with Gasteiger partial charge in [-0.2, -0.15) is 4.31 Å². The van der Waals surface area contributed by atoms with Crippen LogP contribution in [0.3, 0.4) is 0 Å². The zero-order chi connectivity index (χ0) is 19.3. The van der Waals surface area contributed by atoms with Crippen LogP contribution in [-0.2, 0) is 26.1 Å². The monoisotopic (exact) mass is 390 g/mol. The van der Waals surface area contributed by atoms with Gasteiger partial charge in [0.1, 0.15) is 5.76 Å². The van der Waals surface area contributed by atoms with Crippen molar-refractivity contribution in [2.45, 2.75) is 11.4 Å². The summed E-state index contributed by atoms with van der Waals surface area (Å²) < 4.78 is 37.0. The molecule has 7 nitrogen and oxygen atoms in total. The van der Waals surface area contributed by atoms with Crippen molar-refractivity contribution >= 4 is 22.0 Å². The van der Waals surface area contributed by atoms with Gasteiger partial charge in [0.15, 0.2) is 0 Å². The normalized spacial score (nSPS) is 15.9. The first kappa shape index (κ1) is 19.3. The number of ether oxygens (including phenoxy) is 1. The molecule has 1 amide bonds. The van der Waals surface area contributed by atoms with Crippen LogP contribution in [0.5, 0.6) is 0 Å². The predicted molar refractivity (Wildman–Crippen MR) is 100 cm³/mol. The lowest BCUT2D eigenvalue weighted by atomic mass is 10.2. The summed E-state index contributed by atoms with van der Waals surface area (Å²) in [5, 5.41) is 0. The molecule has 0 aliphatic carbocycles. The third-order valence-corrected chi connectivity index (χ3v) is 6.17. The molecule has 1 fully saturated rings. The van der Waals surface area contributed by atoms with Crippen molar-refractivity contribution in [2.75, 3.05) is 33.4 Å². The number of amides is 1. The van der Waals surface area contributed by atoms with Crippen LogP contribution in [0.2, 0.25) is 0 Å². The maximum atomic E-state index is 12.6. The minimum Gasteiger partial charge on any atom is -0.467 e. The molecule has 1 aromatic carbocycles. The number of morpholine rings is 1. The van der Waals surface area contributed by atoms with Gasteiger partial charge < -0.3 is 14.1 Å². The standard InChI is InChI=1S/C19H22N2O5S/c1-20(15-17-3-2-12-26-17)19(22)9-6-16-4-7-18(8-5-16)27(23,24)21-10-13-25-14-11-21/h2-9,12H,10-11,13-15H2,1H3/b9-6+. The van der Waals surface area contributed by atoms with E-state index in [9.17, 15) is 13.2 Å². The second-order valence-electron chi connectivity index (χ2n) is 6.19. The van der Waals surface area contributed by atoms with Gasteiger partial charge in [0.2, 0.25) is 15.9 Å². The summed E-state index contributed by atoms with van der Waals surface area (Å²) in [5.41, 5.74) is 0.746. The number of carbonyl (C=O) groups excluding carboxylic acids is 1. The Morgan fingerprint density at radius 2 is 1.89 bits per heavy atom. The topological polar surface area (TPSA) is 80.1 Å². The van der Waals surface area contributed by atoms with Gasteiger partial charge in [0, 0.05) is 26.2 Å².